The molecule has 0 radical (unpaired) electrons. The van der Waals surface area contributed by atoms with Crippen LogP contribution in [0.5, 0.6) is 0 Å². The topological polar surface area (TPSA) is 15.6 Å². The number of anilines is 2. The van der Waals surface area contributed by atoms with Gasteiger partial charge in [0.15, 0.2) is 0 Å². The van der Waals surface area contributed by atoms with Crippen LogP contribution >= 0.6 is 0 Å². The molecule has 4 aromatic carbocycles. The van der Waals surface area contributed by atoms with E-state index in [2.05, 4.69) is 102 Å². The lowest BCUT2D eigenvalue weighted by atomic mass is 9.90. The highest BCUT2D eigenvalue weighted by atomic mass is 15.2. The van der Waals surface area contributed by atoms with Gasteiger partial charge < -0.3 is 4.90 Å². The van der Waals surface area contributed by atoms with Crippen molar-refractivity contribution in [2.75, 3.05) is 4.90 Å². The zero-order valence-electron chi connectivity index (χ0n) is 15.5. The van der Waals surface area contributed by atoms with Gasteiger partial charge in [0, 0.05) is 17.8 Å². The van der Waals surface area contributed by atoms with E-state index >= 15 is 0 Å². The van der Waals surface area contributed by atoms with Crippen molar-refractivity contribution in [3.63, 3.8) is 0 Å². The summed E-state index contributed by atoms with van der Waals surface area (Å²) in [5.74, 6) is 0. The molecule has 28 heavy (non-hydrogen) atoms. The Morgan fingerprint density at radius 3 is 2.18 bits per heavy atom. The molecule has 0 aromatic heterocycles. The van der Waals surface area contributed by atoms with Crippen molar-refractivity contribution >= 4 is 23.8 Å². The quantitative estimate of drug-likeness (QED) is 0.359. The van der Waals surface area contributed by atoms with Gasteiger partial charge in [0.2, 0.25) is 0 Å². The molecule has 0 amide bonds. The number of benzene rings is 4. The Balaban J connectivity index is 1.68. The lowest BCUT2D eigenvalue weighted by molar-refractivity contribution is 0.961. The van der Waals surface area contributed by atoms with Crippen molar-refractivity contribution in [3.05, 3.63) is 103 Å². The Morgan fingerprint density at radius 1 is 0.643 bits per heavy atom. The molecule has 0 saturated carbocycles. The first kappa shape index (κ1) is 16.5. The fourth-order valence-electron chi connectivity index (χ4n) is 4.03. The van der Waals surface area contributed by atoms with Crippen molar-refractivity contribution < 1.29 is 0 Å². The van der Waals surface area contributed by atoms with Crippen LogP contribution < -0.4 is 4.90 Å². The molecule has 1 aliphatic heterocycles. The van der Waals surface area contributed by atoms with Crippen LogP contribution in [0.15, 0.2) is 102 Å². The van der Waals surface area contributed by atoms with Crippen molar-refractivity contribution in [1.29, 1.82) is 0 Å². The SMILES string of the molecule is C=Nc1ccccc1N1Cc2cc(-c3ccccc3)ccc2-c2ccccc21. The zero-order chi connectivity index (χ0) is 18.9. The Hall–Kier alpha value is -3.65. The first-order valence-corrected chi connectivity index (χ1v) is 9.46. The summed E-state index contributed by atoms with van der Waals surface area (Å²) >= 11 is 0. The highest BCUT2D eigenvalue weighted by Gasteiger charge is 2.24. The van der Waals surface area contributed by atoms with Gasteiger partial charge in [-0.3, -0.25) is 4.99 Å². The van der Waals surface area contributed by atoms with Gasteiger partial charge in [0.05, 0.1) is 11.4 Å². The number of fused-ring (bicyclic) bond motifs is 3. The number of hydrogen-bond acceptors (Lipinski definition) is 2. The van der Waals surface area contributed by atoms with E-state index in [4.69, 9.17) is 0 Å². The van der Waals surface area contributed by atoms with E-state index in [0.717, 1.165) is 17.9 Å². The molecule has 5 rings (SSSR count). The van der Waals surface area contributed by atoms with Gasteiger partial charge in [0.25, 0.3) is 0 Å². The summed E-state index contributed by atoms with van der Waals surface area (Å²) in [6.07, 6.45) is 0. The Bertz CT molecular complexity index is 1160. The maximum absolute atomic E-state index is 4.25. The van der Waals surface area contributed by atoms with Crippen molar-refractivity contribution in [2.24, 2.45) is 4.99 Å². The maximum atomic E-state index is 4.25. The third kappa shape index (κ3) is 2.71. The summed E-state index contributed by atoms with van der Waals surface area (Å²) in [4.78, 5) is 6.59. The smallest absolute Gasteiger partial charge is 0.0859 e. The third-order valence-electron chi connectivity index (χ3n) is 5.37. The molecule has 0 spiro atoms. The second-order valence-electron chi connectivity index (χ2n) is 6.99. The lowest BCUT2D eigenvalue weighted by Crippen LogP contribution is -2.21. The summed E-state index contributed by atoms with van der Waals surface area (Å²) in [5.41, 5.74) is 9.55. The van der Waals surface area contributed by atoms with Crippen molar-refractivity contribution in [2.45, 2.75) is 6.54 Å². The average Bonchev–Trinajstić information content (AvgIpc) is 2.78. The van der Waals surface area contributed by atoms with Gasteiger partial charge in [-0.15, -0.1) is 0 Å². The number of hydrogen-bond donors (Lipinski definition) is 0. The Labute approximate surface area is 165 Å². The largest absolute Gasteiger partial charge is 0.335 e. The molecule has 0 bridgehead atoms. The predicted molar refractivity (Wildman–Crippen MR) is 119 cm³/mol. The minimum Gasteiger partial charge on any atom is -0.335 e. The maximum Gasteiger partial charge on any atom is 0.0859 e. The highest BCUT2D eigenvalue weighted by molar-refractivity contribution is 5.90. The van der Waals surface area contributed by atoms with Crippen LogP contribution in [0.4, 0.5) is 17.1 Å². The number of aliphatic imine (C=N–C) groups is 1. The third-order valence-corrected chi connectivity index (χ3v) is 5.37. The molecule has 0 N–H and O–H groups in total. The van der Waals surface area contributed by atoms with E-state index in [1.807, 2.05) is 12.1 Å². The molecule has 4 aromatic rings. The molecule has 0 saturated heterocycles. The first-order chi connectivity index (χ1) is 13.8. The van der Waals surface area contributed by atoms with Crippen LogP contribution in [-0.2, 0) is 6.54 Å². The Kier molecular flexibility index (Phi) is 4.02. The second-order valence-corrected chi connectivity index (χ2v) is 6.99. The summed E-state index contributed by atoms with van der Waals surface area (Å²) in [7, 11) is 0. The van der Waals surface area contributed by atoms with Gasteiger partial charge in [-0.25, -0.2) is 0 Å². The van der Waals surface area contributed by atoms with Gasteiger partial charge >= 0.3 is 0 Å². The molecular weight excluding hydrogens is 340 g/mol. The molecular formula is C26H20N2. The van der Waals surface area contributed by atoms with Gasteiger partial charge in [-0.2, -0.15) is 0 Å². The van der Waals surface area contributed by atoms with E-state index in [1.54, 1.807) is 0 Å². The molecule has 0 fully saturated rings. The van der Waals surface area contributed by atoms with Gasteiger partial charge in [-0.05, 0) is 53.2 Å². The fourth-order valence-corrected chi connectivity index (χ4v) is 4.03. The zero-order valence-corrected chi connectivity index (χ0v) is 15.5. The Morgan fingerprint density at radius 2 is 1.36 bits per heavy atom. The van der Waals surface area contributed by atoms with Crippen LogP contribution in [0.2, 0.25) is 0 Å². The number of rotatable bonds is 3. The normalized spacial score (nSPS) is 12.2. The number of para-hydroxylation sites is 3. The lowest BCUT2D eigenvalue weighted by Gasteiger charge is -2.34. The molecule has 0 unspecified atom stereocenters. The van der Waals surface area contributed by atoms with E-state index in [1.165, 1.54) is 33.5 Å². The average molecular weight is 360 g/mol. The van der Waals surface area contributed by atoms with Gasteiger partial charge in [0.1, 0.15) is 0 Å². The minimum absolute atomic E-state index is 0.805. The van der Waals surface area contributed by atoms with Crippen LogP contribution in [0.25, 0.3) is 22.3 Å². The van der Waals surface area contributed by atoms with Crippen LogP contribution in [0.1, 0.15) is 5.56 Å². The monoisotopic (exact) mass is 360 g/mol. The van der Waals surface area contributed by atoms with E-state index < -0.39 is 0 Å². The molecule has 1 aliphatic rings. The second kappa shape index (κ2) is 6.82. The van der Waals surface area contributed by atoms with E-state index in [9.17, 15) is 0 Å². The highest BCUT2D eigenvalue weighted by Crippen LogP contribution is 2.45. The molecule has 134 valence electrons. The fraction of sp³-hybridized carbons (Fsp3) is 0.0385. The molecule has 2 heteroatoms. The first-order valence-electron chi connectivity index (χ1n) is 9.46. The molecule has 0 aliphatic carbocycles. The van der Waals surface area contributed by atoms with Gasteiger partial charge in [-0.1, -0.05) is 72.8 Å². The molecule has 0 atom stereocenters. The summed E-state index contributed by atoms with van der Waals surface area (Å²) < 4.78 is 0. The van der Waals surface area contributed by atoms with E-state index in [0.29, 0.717) is 0 Å². The van der Waals surface area contributed by atoms with Crippen LogP contribution in [0.3, 0.4) is 0 Å². The molecule has 1 heterocycles. The summed E-state index contributed by atoms with van der Waals surface area (Å²) in [6, 6.07) is 34.1. The number of nitrogens with zero attached hydrogens (tertiary/aromatic N) is 2. The predicted octanol–water partition coefficient (Wildman–Crippen LogP) is 7.00. The minimum atomic E-state index is 0.805. The van der Waals surface area contributed by atoms with Crippen LogP contribution in [0, 0.1) is 0 Å². The summed E-state index contributed by atoms with van der Waals surface area (Å²) in [6.45, 7) is 4.57. The summed E-state index contributed by atoms with van der Waals surface area (Å²) in [5, 5.41) is 0. The van der Waals surface area contributed by atoms with Crippen molar-refractivity contribution in [3.8, 4) is 22.3 Å². The van der Waals surface area contributed by atoms with E-state index in [-0.39, 0.29) is 0 Å². The standard InChI is InChI=1S/C26H20N2/c1-27-24-12-6-8-14-26(24)28-18-21-17-20(19-9-3-2-4-10-19)15-16-22(21)23-11-5-7-13-25(23)28/h2-17H,1,18H2. The molecule has 2 nitrogen and oxygen atoms in total. The van der Waals surface area contributed by atoms with Crippen molar-refractivity contribution in [1.82, 2.24) is 0 Å². The van der Waals surface area contributed by atoms with Crippen LogP contribution in [-0.4, -0.2) is 6.72 Å².